The first-order valence-corrected chi connectivity index (χ1v) is 10.0. The molecule has 0 spiro atoms. The average Bonchev–Trinajstić information content (AvgIpc) is 3.09. The molecule has 1 aromatic heterocycles. The lowest BCUT2D eigenvalue weighted by Crippen LogP contribution is -2.27. The van der Waals surface area contributed by atoms with Crippen LogP contribution in [-0.2, 0) is 10.0 Å². The van der Waals surface area contributed by atoms with Crippen LogP contribution in [-0.4, -0.2) is 19.0 Å². The van der Waals surface area contributed by atoms with Crippen molar-refractivity contribution >= 4 is 21.1 Å². The highest BCUT2D eigenvalue weighted by molar-refractivity contribution is 7.89. The Bertz CT molecular complexity index is 929. The lowest BCUT2D eigenvalue weighted by molar-refractivity contribution is 0.478. The third kappa shape index (κ3) is 2.50. The number of rotatable bonds is 4. The number of hydrogen-bond acceptors (Lipinski definition) is 4. The van der Waals surface area contributed by atoms with Crippen molar-refractivity contribution in [3.05, 3.63) is 28.7 Å². The van der Waals surface area contributed by atoms with Crippen LogP contribution < -0.4 is 10.5 Å². The lowest BCUT2D eigenvalue weighted by Gasteiger charge is -2.08. The van der Waals surface area contributed by atoms with Crippen molar-refractivity contribution in [2.75, 3.05) is 0 Å². The zero-order valence-electron chi connectivity index (χ0n) is 13.9. The summed E-state index contributed by atoms with van der Waals surface area (Å²) in [5.74, 6) is 0.533. The minimum atomic E-state index is -3.59. The Morgan fingerprint density at radius 2 is 1.88 bits per heavy atom. The van der Waals surface area contributed by atoms with Gasteiger partial charge in [-0.2, -0.15) is 0 Å². The smallest absolute Gasteiger partial charge is 0.408 e. The molecule has 4 rings (SSSR count). The molecule has 0 aliphatic heterocycles. The number of nitrogens with zero attached hydrogens (tertiary/aromatic N) is 1. The largest absolute Gasteiger partial charge is 0.420 e. The van der Waals surface area contributed by atoms with Gasteiger partial charge in [0.1, 0.15) is 0 Å². The highest BCUT2D eigenvalue weighted by atomic mass is 32.2. The molecule has 1 heterocycles. The van der Waals surface area contributed by atoms with E-state index >= 15 is 0 Å². The van der Waals surface area contributed by atoms with Crippen molar-refractivity contribution in [1.82, 2.24) is 9.29 Å². The van der Waals surface area contributed by atoms with E-state index in [0.717, 1.165) is 12.8 Å². The molecule has 2 saturated carbocycles. The maximum Gasteiger partial charge on any atom is 0.420 e. The van der Waals surface area contributed by atoms with Gasteiger partial charge in [-0.15, -0.1) is 0 Å². The molecule has 6 nitrogen and oxygen atoms in total. The molecule has 2 fully saturated rings. The van der Waals surface area contributed by atoms with Gasteiger partial charge >= 0.3 is 5.76 Å². The summed E-state index contributed by atoms with van der Waals surface area (Å²) in [6.45, 7) is 3.77. The number of benzene rings is 1. The monoisotopic (exact) mass is 350 g/mol. The van der Waals surface area contributed by atoms with Gasteiger partial charge in [0.2, 0.25) is 10.0 Å². The van der Waals surface area contributed by atoms with Crippen LogP contribution in [0, 0.1) is 11.8 Å². The van der Waals surface area contributed by atoms with Crippen molar-refractivity contribution < 1.29 is 12.8 Å². The SMILES string of the molecule is CC(C)n1c(=O)oc2cc(S(=O)(=O)NC3[C@@H]4CCCC[C@@H]34)ccc21. The molecular formula is C17H22N2O4S. The summed E-state index contributed by atoms with van der Waals surface area (Å²) in [5.41, 5.74) is 0.929. The van der Waals surface area contributed by atoms with Crippen molar-refractivity contribution in [2.24, 2.45) is 11.8 Å². The minimum absolute atomic E-state index is 0.0473. The first-order valence-electron chi connectivity index (χ1n) is 8.56. The van der Waals surface area contributed by atoms with Gasteiger partial charge in [0.05, 0.1) is 10.4 Å². The molecule has 0 unspecified atom stereocenters. The van der Waals surface area contributed by atoms with E-state index < -0.39 is 15.8 Å². The fraction of sp³-hybridized carbons (Fsp3) is 0.588. The number of nitrogens with one attached hydrogen (secondary N) is 1. The van der Waals surface area contributed by atoms with Crippen molar-refractivity contribution in [3.63, 3.8) is 0 Å². The minimum Gasteiger partial charge on any atom is -0.408 e. The van der Waals surface area contributed by atoms with Gasteiger partial charge in [0.15, 0.2) is 5.58 Å². The Morgan fingerprint density at radius 3 is 2.50 bits per heavy atom. The molecule has 1 aromatic carbocycles. The second-order valence-electron chi connectivity index (χ2n) is 7.22. The molecule has 0 bridgehead atoms. The van der Waals surface area contributed by atoms with E-state index in [0.29, 0.717) is 22.9 Å². The van der Waals surface area contributed by atoms with Crippen molar-refractivity contribution in [3.8, 4) is 0 Å². The van der Waals surface area contributed by atoms with Crippen LogP contribution in [0.25, 0.3) is 11.1 Å². The maximum atomic E-state index is 12.7. The van der Waals surface area contributed by atoms with E-state index in [-0.39, 0.29) is 17.0 Å². The fourth-order valence-electron chi connectivity index (χ4n) is 4.09. The highest BCUT2D eigenvalue weighted by Gasteiger charge is 2.52. The normalized spacial score (nSPS) is 26.7. The molecule has 0 saturated heterocycles. The second-order valence-corrected chi connectivity index (χ2v) is 8.93. The number of hydrogen-bond donors (Lipinski definition) is 1. The van der Waals surface area contributed by atoms with E-state index in [9.17, 15) is 13.2 Å². The molecule has 2 aliphatic carbocycles. The first kappa shape index (κ1) is 15.9. The van der Waals surface area contributed by atoms with E-state index in [4.69, 9.17) is 4.42 Å². The van der Waals surface area contributed by atoms with Gasteiger partial charge < -0.3 is 4.42 Å². The summed E-state index contributed by atoms with van der Waals surface area (Å²) < 4.78 is 34.9. The molecule has 1 N–H and O–H groups in total. The lowest BCUT2D eigenvalue weighted by atomic mass is 10.0. The molecule has 0 radical (unpaired) electrons. The summed E-state index contributed by atoms with van der Waals surface area (Å²) in [7, 11) is -3.59. The van der Waals surface area contributed by atoms with E-state index in [1.807, 2.05) is 13.8 Å². The summed E-state index contributed by atoms with van der Waals surface area (Å²) >= 11 is 0. The third-order valence-electron chi connectivity index (χ3n) is 5.36. The second kappa shape index (κ2) is 5.46. The molecule has 2 atom stereocenters. The standard InChI is InChI=1S/C17H22N2O4S/c1-10(2)19-14-8-7-11(9-15(14)23-17(19)20)24(21,22)18-16-12-5-3-4-6-13(12)16/h7-10,12-13,16,18H,3-6H2,1-2H3/t12-,13-/m1/s1. The Morgan fingerprint density at radius 1 is 1.21 bits per heavy atom. The van der Waals surface area contributed by atoms with Crippen LogP contribution in [0.3, 0.4) is 0 Å². The van der Waals surface area contributed by atoms with Crippen LogP contribution in [0.4, 0.5) is 0 Å². The zero-order chi connectivity index (χ0) is 17.1. The van der Waals surface area contributed by atoms with E-state index in [1.54, 1.807) is 12.1 Å². The Labute approximate surface area is 140 Å². The number of fused-ring (bicyclic) bond motifs is 2. The summed E-state index contributed by atoms with van der Waals surface area (Å²) in [4.78, 5) is 12.1. The van der Waals surface area contributed by atoms with Gasteiger partial charge in [-0.1, -0.05) is 12.8 Å². The number of aromatic nitrogens is 1. The molecular weight excluding hydrogens is 328 g/mol. The average molecular weight is 350 g/mol. The molecule has 24 heavy (non-hydrogen) atoms. The maximum absolute atomic E-state index is 12.7. The Balaban J connectivity index is 1.65. The molecule has 2 aromatic rings. The molecule has 0 amide bonds. The van der Waals surface area contributed by atoms with Crippen LogP contribution >= 0.6 is 0 Å². The van der Waals surface area contributed by atoms with Gasteiger partial charge in [0.25, 0.3) is 0 Å². The van der Waals surface area contributed by atoms with Gasteiger partial charge in [-0.25, -0.2) is 17.9 Å². The predicted molar refractivity (Wildman–Crippen MR) is 90.4 cm³/mol. The van der Waals surface area contributed by atoms with Gasteiger partial charge in [0, 0.05) is 18.2 Å². The quantitative estimate of drug-likeness (QED) is 0.919. The Kier molecular flexibility index (Phi) is 3.61. The predicted octanol–water partition coefficient (Wildman–Crippen LogP) is 2.64. The zero-order valence-corrected chi connectivity index (χ0v) is 14.7. The number of oxazole rings is 1. The first-order chi connectivity index (χ1) is 11.4. The molecule has 2 aliphatic rings. The summed E-state index contributed by atoms with van der Waals surface area (Å²) in [6, 6.07) is 4.66. The molecule has 130 valence electrons. The summed E-state index contributed by atoms with van der Waals surface area (Å²) in [5, 5.41) is 0. The van der Waals surface area contributed by atoms with Crippen LogP contribution in [0.15, 0.2) is 32.3 Å². The van der Waals surface area contributed by atoms with Crippen molar-refractivity contribution in [2.45, 2.75) is 56.5 Å². The van der Waals surface area contributed by atoms with E-state index in [2.05, 4.69) is 4.72 Å². The van der Waals surface area contributed by atoms with Crippen LogP contribution in [0.5, 0.6) is 0 Å². The fourth-order valence-corrected chi connectivity index (χ4v) is 5.44. The number of sulfonamides is 1. The Hall–Kier alpha value is -1.60. The van der Waals surface area contributed by atoms with Crippen molar-refractivity contribution in [1.29, 1.82) is 0 Å². The topological polar surface area (TPSA) is 81.3 Å². The van der Waals surface area contributed by atoms with Crippen LogP contribution in [0.1, 0.15) is 45.6 Å². The van der Waals surface area contributed by atoms with E-state index in [1.165, 1.54) is 23.5 Å². The summed E-state index contributed by atoms with van der Waals surface area (Å²) in [6.07, 6.45) is 4.62. The highest BCUT2D eigenvalue weighted by Crippen LogP contribution is 2.50. The van der Waals surface area contributed by atoms with Gasteiger partial charge in [-0.3, -0.25) is 4.57 Å². The van der Waals surface area contributed by atoms with Gasteiger partial charge in [-0.05, 0) is 50.7 Å². The molecule has 7 heteroatoms. The van der Waals surface area contributed by atoms with Crippen LogP contribution in [0.2, 0.25) is 0 Å². The third-order valence-corrected chi connectivity index (χ3v) is 6.82.